The lowest BCUT2D eigenvalue weighted by Gasteiger charge is -2.15. The van der Waals surface area contributed by atoms with Gasteiger partial charge >= 0.3 is 0 Å². The second kappa shape index (κ2) is 8.25. The Morgan fingerprint density at radius 2 is 1.60 bits per heavy atom. The van der Waals surface area contributed by atoms with Gasteiger partial charge in [0.1, 0.15) is 5.75 Å². The average Bonchev–Trinajstić information content (AvgIpc) is 3.19. The maximum atomic E-state index is 11.7. The number of benzene rings is 3. The van der Waals surface area contributed by atoms with Crippen LogP contribution in [0, 0.1) is 6.92 Å². The van der Waals surface area contributed by atoms with E-state index in [4.69, 9.17) is 9.84 Å². The third-order valence-corrected chi connectivity index (χ3v) is 4.94. The van der Waals surface area contributed by atoms with Crippen LogP contribution in [-0.2, 0) is 4.79 Å². The summed E-state index contributed by atoms with van der Waals surface area (Å²) >= 11 is 0. The SMILES string of the molecule is COc1ccc(-c2c(-c3ccc(C)cc3)cnn2-c2ccccc2NC(C)=O)cc1. The molecule has 0 saturated heterocycles. The van der Waals surface area contributed by atoms with Gasteiger partial charge in [-0.15, -0.1) is 0 Å². The third-order valence-electron chi connectivity index (χ3n) is 4.94. The minimum atomic E-state index is -0.126. The molecule has 0 aliphatic carbocycles. The lowest BCUT2D eigenvalue weighted by Crippen LogP contribution is -2.10. The Kier molecular flexibility index (Phi) is 5.35. The summed E-state index contributed by atoms with van der Waals surface area (Å²) in [5.41, 5.74) is 6.75. The van der Waals surface area contributed by atoms with Gasteiger partial charge in [0.15, 0.2) is 0 Å². The second-order valence-electron chi connectivity index (χ2n) is 7.11. The average molecular weight is 397 g/mol. The number of hydrogen-bond donors (Lipinski definition) is 1. The van der Waals surface area contributed by atoms with E-state index in [9.17, 15) is 4.79 Å². The zero-order valence-electron chi connectivity index (χ0n) is 17.2. The molecule has 1 amide bonds. The van der Waals surface area contributed by atoms with Crippen LogP contribution in [0.2, 0.25) is 0 Å². The van der Waals surface area contributed by atoms with E-state index < -0.39 is 0 Å². The van der Waals surface area contributed by atoms with Crippen molar-refractivity contribution < 1.29 is 9.53 Å². The van der Waals surface area contributed by atoms with Gasteiger partial charge in [0, 0.05) is 18.1 Å². The normalized spacial score (nSPS) is 10.6. The number of anilines is 1. The van der Waals surface area contributed by atoms with Gasteiger partial charge in [-0.3, -0.25) is 4.79 Å². The number of nitrogens with one attached hydrogen (secondary N) is 1. The van der Waals surface area contributed by atoms with Crippen LogP contribution in [0.4, 0.5) is 5.69 Å². The van der Waals surface area contributed by atoms with Crippen molar-refractivity contribution >= 4 is 11.6 Å². The number of carbonyl (C=O) groups is 1. The first-order valence-electron chi connectivity index (χ1n) is 9.73. The highest BCUT2D eigenvalue weighted by Crippen LogP contribution is 2.36. The standard InChI is InChI=1S/C25H23N3O2/c1-17-8-10-19(11-9-17)22-16-26-28(24-7-5-4-6-23(24)27-18(2)29)25(22)20-12-14-21(30-3)15-13-20/h4-16H,1-3H3,(H,27,29). The highest BCUT2D eigenvalue weighted by Gasteiger charge is 2.18. The van der Waals surface area contributed by atoms with Crippen LogP contribution in [0.15, 0.2) is 79.0 Å². The molecule has 4 aromatic rings. The molecule has 0 unspecified atom stereocenters. The van der Waals surface area contributed by atoms with Crippen molar-refractivity contribution in [3.8, 4) is 33.8 Å². The van der Waals surface area contributed by atoms with Gasteiger partial charge in [-0.25, -0.2) is 4.68 Å². The first kappa shape index (κ1) is 19.5. The van der Waals surface area contributed by atoms with Crippen molar-refractivity contribution in [3.63, 3.8) is 0 Å². The van der Waals surface area contributed by atoms with Crippen molar-refractivity contribution in [2.75, 3.05) is 12.4 Å². The molecule has 0 fully saturated rings. The molecule has 1 aromatic heterocycles. The van der Waals surface area contributed by atoms with E-state index in [1.807, 2.05) is 59.4 Å². The molecule has 30 heavy (non-hydrogen) atoms. The summed E-state index contributed by atoms with van der Waals surface area (Å²) in [7, 11) is 1.65. The molecular formula is C25H23N3O2. The van der Waals surface area contributed by atoms with E-state index in [0.717, 1.165) is 33.8 Å². The number of nitrogens with zero attached hydrogens (tertiary/aromatic N) is 2. The molecule has 0 spiro atoms. The molecule has 150 valence electrons. The number of aromatic nitrogens is 2. The Morgan fingerprint density at radius 1 is 0.933 bits per heavy atom. The summed E-state index contributed by atoms with van der Waals surface area (Å²) < 4.78 is 7.20. The zero-order valence-corrected chi connectivity index (χ0v) is 17.2. The summed E-state index contributed by atoms with van der Waals surface area (Å²) in [5.74, 6) is 0.666. The zero-order chi connectivity index (χ0) is 21.1. The van der Waals surface area contributed by atoms with Crippen molar-refractivity contribution in [1.29, 1.82) is 0 Å². The molecular weight excluding hydrogens is 374 g/mol. The Morgan fingerprint density at radius 3 is 2.27 bits per heavy atom. The fourth-order valence-electron chi connectivity index (χ4n) is 3.46. The molecule has 4 rings (SSSR count). The number of rotatable bonds is 5. The lowest BCUT2D eigenvalue weighted by molar-refractivity contribution is -0.114. The van der Waals surface area contributed by atoms with Crippen molar-refractivity contribution in [2.24, 2.45) is 0 Å². The maximum Gasteiger partial charge on any atom is 0.221 e. The van der Waals surface area contributed by atoms with Gasteiger partial charge in [-0.2, -0.15) is 5.10 Å². The van der Waals surface area contributed by atoms with Gasteiger partial charge in [0.2, 0.25) is 5.91 Å². The van der Waals surface area contributed by atoms with Gasteiger partial charge < -0.3 is 10.1 Å². The quantitative estimate of drug-likeness (QED) is 0.485. The number of amides is 1. The topological polar surface area (TPSA) is 56.1 Å². The van der Waals surface area contributed by atoms with Crippen LogP contribution in [-0.4, -0.2) is 22.8 Å². The number of para-hydroxylation sites is 2. The second-order valence-corrected chi connectivity index (χ2v) is 7.11. The molecule has 0 aliphatic heterocycles. The Bertz CT molecular complexity index is 1180. The largest absolute Gasteiger partial charge is 0.497 e. The molecule has 5 nitrogen and oxygen atoms in total. The predicted molar refractivity (Wildman–Crippen MR) is 120 cm³/mol. The van der Waals surface area contributed by atoms with E-state index in [1.54, 1.807) is 7.11 Å². The maximum absolute atomic E-state index is 11.7. The minimum absolute atomic E-state index is 0.126. The van der Waals surface area contributed by atoms with Crippen molar-refractivity contribution in [2.45, 2.75) is 13.8 Å². The predicted octanol–water partition coefficient (Wildman–Crippen LogP) is 5.48. The van der Waals surface area contributed by atoms with E-state index in [-0.39, 0.29) is 5.91 Å². The van der Waals surface area contributed by atoms with Crippen LogP contribution >= 0.6 is 0 Å². The summed E-state index contributed by atoms with van der Waals surface area (Å²) in [4.78, 5) is 11.7. The highest BCUT2D eigenvalue weighted by molar-refractivity contribution is 5.92. The number of methoxy groups -OCH3 is 1. The first-order chi connectivity index (χ1) is 14.6. The Balaban J connectivity index is 1.94. The molecule has 3 aromatic carbocycles. The summed E-state index contributed by atoms with van der Waals surface area (Å²) in [5, 5.41) is 7.61. The summed E-state index contributed by atoms with van der Waals surface area (Å²) in [6.07, 6.45) is 1.87. The van der Waals surface area contributed by atoms with Crippen LogP contribution in [0.25, 0.3) is 28.1 Å². The molecule has 0 saturated carbocycles. The molecule has 1 N–H and O–H groups in total. The third kappa shape index (κ3) is 3.82. The fourth-order valence-corrected chi connectivity index (χ4v) is 3.46. The minimum Gasteiger partial charge on any atom is -0.497 e. The number of ether oxygens (including phenoxy) is 1. The molecule has 0 bridgehead atoms. The molecule has 0 atom stereocenters. The Hall–Kier alpha value is -3.86. The number of aryl methyl sites for hydroxylation is 1. The number of carbonyl (C=O) groups excluding carboxylic acids is 1. The van der Waals surface area contributed by atoms with E-state index in [0.29, 0.717) is 5.69 Å². The summed E-state index contributed by atoms with van der Waals surface area (Å²) in [6.45, 7) is 3.57. The van der Waals surface area contributed by atoms with Gasteiger partial charge in [0.25, 0.3) is 0 Å². The van der Waals surface area contributed by atoms with Crippen molar-refractivity contribution in [1.82, 2.24) is 9.78 Å². The van der Waals surface area contributed by atoms with Crippen molar-refractivity contribution in [3.05, 3.63) is 84.6 Å². The molecule has 1 heterocycles. The highest BCUT2D eigenvalue weighted by atomic mass is 16.5. The smallest absolute Gasteiger partial charge is 0.221 e. The molecule has 0 radical (unpaired) electrons. The number of hydrogen-bond acceptors (Lipinski definition) is 3. The monoisotopic (exact) mass is 397 g/mol. The van der Waals surface area contributed by atoms with E-state index >= 15 is 0 Å². The fraction of sp³-hybridized carbons (Fsp3) is 0.120. The van der Waals surface area contributed by atoms with Crippen LogP contribution in [0.1, 0.15) is 12.5 Å². The van der Waals surface area contributed by atoms with E-state index in [2.05, 4.69) is 36.5 Å². The van der Waals surface area contributed by atoms with Crippen LogP contribution in [0.3, 0.4) is 0 Å². The first-order valence-corrected chi connectivity index (χ1v) is 9.73. The van der Waals surface area contributed by atoms with Gasteiger partial charge in [-0.1, -0.05) is 42.0 Å². The van der Waals surface area contributed by atoms with Crippen LogP contribution < -0.4 is 10.1 Å². The summed E-state index contributed by atoms with van der Waals surface area (Å²) in [6, 6.07) is 24.0. The Labute approximate surface area is 175 Å². The molecule has 5 heteroatoms. The van der Waals surface area contributed by atoms with Gasteiger partial charge in [0.05, 0.1) is 30.4 Å². The van der Waals surface area contributed by atoms with Crippen LogP contribution in [0.5, 0.6) is 5.75 Å². The lowest BCUT2D eigenvalue weighted by atomic mass is 10.0. The van der Waals surface area contributed by atoms with Gasteiger partial charge in [-0.05, 0) is 48.9 Å². The molecule has 0 aliphatic rings. The van der Waals surface area contributed by atoms with E-state index in [1.165, 1.54) is 12.5 Å².